The van der Waals surface area contributed by atoms with Crippen LogP contribution in [0.3, 0.4) is 0 Å². The molecule has 4 rings (SSSR count). The molecule has 11 heteroatoms. The lowest BCUT2D eigenvalue weighted by Crippen LogP contribution is -2.39. The molecule has 0 atom stereocenters. The highest BCUT2D eigenvalue weighted by Crippen LogP contribution is 2.36. The average Bonchev–Trinajstić information content (AvgIpc) is 2.73. The molecule has 1 aromatic heterocycles. The van der Waals surface area contributed by atoms with E-state index in [1.807, 2.05) is 4.90 Å². The van der Waals surface area contributed by atoms with Crippen molar-refractivity contribution >= 4 is 16.0 Å². The Balaban J connectivity index is 1.64. The number of rotatable bonds is 3. The highest BCUT2D eigenvalue weighted by molar-refractivity contribution is 7.89. The van der Waals surface area contributed by atoms with Crippen molar-refractivity contribution in [3.63, 3.8) is 0 Å². The van der Waals surface area contributed by atoms with Crippen molar-refractivity contribution in [1.82, 2.24) is 14.3 Å². The Morgan fingerprint density at radius 2 is 1.79 bits per heavy atom. The van der Waals surface area contributed by atoms with Crippen LogP contribution in [0.1, 0.15) is 16.8 Å². The van der Waals surface area contributed by atoms with Gasteiger partial charge in [0.05, 0.1) is 35.9 Å². The van der Waals surface area contributed by atoms with E-state index in [0.29, 0.717) is 44.4 Å². The van der Waals surface area contributed by atoms with E-state index in [4.69, 9.17) is 4.74 Å². The molecule has 0 bridgehead atoms. The van der Waals surface area contributed by atoms with Crippen LogP contribution in [0.5, 0.6) is 0 Å². The van der Waals surface area contributed by atoms with E-state index in [0.717, 1.165) is 22.0 Å². The van der Waals surface area contributed by atoms with E-state index in [1.165, 1.54) is 12.1 Å². The molecule has 0 aliphatic carbocycles. The summed E-state index contributed by atoms with van der Waals surface area (Å²) in [5.74, 6) is 0.474. The van der Waals surface area contributed by atoms with Crippen LogP contribution < -0.4 is 4.90 Å². The number of hydrogen-bond acceptors (Lipinski definition) is 6. The van der Waals surface area contributed by atoms with E-state index >= 15 is 0 Å². The molecule has 0 saturated carbocycles. The number of halogens is 3. The van der Waals surface area contributed by atoms with Crippen LogP contribution in [0, 0.1) is 0 Å². The summed E-state index contributed by atoms with van der Waals surface area (Å²) in [4.78, 5) is 10.0. The van der Waals surface area contributed by atoms with Gasteiger partial charge in [-0.1, -0.05) is 12.1 Å². The number of morpholine rings is 1. The molecule has 1 saturated heterocycles. The summed E-state index contributed by atoms with van der Waals surface area (Å²) in [6.07, 6.45) is -2.75. The van der Waals surface area contributed by atoms with E-state index in [-0.39, 0.29) is 13.1 Å². The van der Waals surface area contributed by atoms with E-state index < -0.39 is 26.7 Å². The van der Waals surface area contributed by atoms with Crippen LogP contribution in [0.15, 0.2) is 35.4 Å². The highest BCUT2D eigenvalue weighted by atomic mass is 32.2. The van der Waals surface area contributed by atoms with Crippen LogP contribution in [-0.4, -0.2) is 55.5 Å². The van der Waals surface area contributed by atoms with Crippen molar-refractivity contribution in [2.75, 3.05) is 37.7 Å². The van der Waals surface area contributed by atoms with Gasteiger partial charge >= 0.3 is 6.18 Å². The van der Waals surface area contributed by atoms with Gasteiger partial charge in [0.2, 0.25) is 16.0 Å². The van der Waals surface area contributed by atoms with Gasteiger partial charge in [-0.2, -0.15) is 17.5 Å². The number of alkyl halides is 3. The molecule has 7 nitrogen and oxygen atoms in total. The summed E-state index contributed by atoms with van der Waals surface area (Å²) in [6.45, 7) is 2.33. The van der Waals surface area contributed by atoms with Crippen molar-refractivity contribution in [3.05, 3.63) is 47.3 Å². The molecular formula is C18H19F3N4O3S. The fourth-order valence-corrected chi connectivity index (χ4v) is 5.07. The molecule has 29 heavy (non-hydrogen) atoms. The lowest BCUT2D eigenvalue weighted by molar-refractivity contribution is -0.139. The fourth-order valence-electron chi connectivity index (χ4n) is 3.45. The second kappa shape index (κ2) is 7.54. The van der Waals surface area contributed by atoms with E-state index in [9.17, 15) is 21.6 Å². The number of benzene rings is 1. The molecule has 0 spiro atoms. The van der Waals surface area contributed by atoms with Gasteiger partial charge in [0.15, 0.2) is 0 Å². The Hall–Kier alpha value is -2.24. The zero-order valence-corrected chi connectivity index (χ0v) is 16.2. The van der Waals surface area contributed by atoms with Gasteiger partial charge in [-0.25, -0.2) is 18.4 Å². The summed E-state index contributed by atoms with van der Waals surface area (Å²) in [6, 6.07) is 4.24. The molecule has 1 aromatic carbocycles. The molecule has 1 fully saturated rings. The first-order chi connectivity index (χ1) is 13.8. The predicted octanol–water partition coefficient (Wildman–Crippen LogP) is 2.08. The Kier molecular flexibility index (Phi) is 5.21. The van der Waals surface area contributed by atoms with Crippen LogP contribution in [0.4, 0.5) is 19.1 Å². The van der Waals surface area contributed by atoms with Gasteiger partial charge in [0.25, 0.3) is 0 Å². The third kappa shape index (κ3) is 3.94. The van der Waals surface area contributed by atoms with Crippen molar-refractivity contribution in [1.29, 1.82) is 0 Å². The molecule has 2 aliphatic rings. The smallest absolute Gasteiger partial charge is 0.378 e. The molecule has 2 aromatic rings. The molecule has 0 radical (unpaired) electrons. The van der Waals surface area contributed by atoms with Gasteiger partial charge in [0.1, 0.15) is 0 Å². The molecule has 2 aliphatic heterocycles. The second-order valence-corrected chi connectivity index (χ2v) is 8.73. The lowest BCUT2D eigenvalue weighted by Gasteiger charge is -2.30. The summed E-state index contributed by atoms with van der Waals surface area (Å²) in [5.41, 5.74) is 0.154. The monoisotopic (exact) mass is 428 g/mol. The van der Waals surface area contributed by atoms with Crippen LogP contribution >= 0.6 is 0 Å². The third-order valence-electron chi connectivity index (χ3n) is 5.00. The van der Waals surface area contributed by atoms with Crippen LogP contribution in [0.2, 0.25) is 0 Å². The Bertz CT molecular complexity index is 1010. The fraction of sp³-hybridized carbons (Fsp3) is 0.444. The van der Waals surface area contributed by atoms with Gasteiger partial charge in [-0.05, 0) is 24.1 Å². The summed E-state index contributed by atoms with van der Waals surface area (Å²) in [5, 5.41) is 0. The Morgan fingerprint density at radius 3 is 2.52 bits per heavy atom. The summed E-state index contributed by atoms with van der Waals surface area (Å²) < 4.78 is 72.3. The maximum atomic E-state index is 13.3. The lowest BCUT2D eigenvalue weighted by atomic mass is 10.1. The maximum Gasteiger partial charge on any atom is 0.417 e. The average molecular weight is 428 g/mol. The summed E-state index contributed by atoms with van der Waals surface area (Å²) in [7, 11) is -4.34. The molecular weight excluding hydrogens is 409 g/mol. The first kappa shape index (κ1) is 20.0. The molecule has 3 heterocycles. The van der Waals surface area contributed by atoms with Gasteiger partial charge in [-0.3, -0.25) is 0 Å². The minimum absolute atomic E-state index is 0.0712. The first-order valence-corrected chi connectivity index (χ1v) is 10.5. The van der Waals surface area contributed by atoms with Crippen molar-refractivity contribution < 1.29 is 26.3 Å². The number of ether oxygens (including phenoxy) is 1. The normalized spacial score (nSPS) is 18.5. The van der Waals surface area contributed by atoms with Gasteiger partial charge < -0.3 is 9.64 Å². The molecule has 0 unspecified atom stereocenters. The predicted molar refractivity (Wildman–Crippen MR) is 97.8 cm³/mol. The Morgan fingerprint density at radius 1 is 1.07 bits per heavy atom. The number of nitrogens with zero attached hydrogens (tertiary/aromatic N) is 4. The SMILES string of the molecule is O=S(=O)(c1ccccc1C(F)(F)F)N1CCc2cnc(N3CCOCC3)nc2C1. The highest BCUT2D eigenvalue weighted by Gasteiger charge is 2.39. The maximum absolute atomic E-state index is 13.3. The molecule has 0 amide bonds. The van der Waals surface area contributed by atoms with Gasteiger partial charge in [0, 0.05) is 25.8 Å². The number of hydrogen-bond donors (Lipinski definition) is 0. The van der Waals surface area contributed by atoms with Crippen molar-refractivity contribution in [2.24, 2.45) is 0 Å². The first-order valence-electron chi connectivity index (χ1n) is 9.10. The van der Waals surface area contributed by atoms with Crippen LogP contribution in [-0.2, 0) is 33.9 Å². The number of aromatic nitrogens is 2. The topological polar surface area (TPSA) is 75.6 Å². The van der Waals surface area contributed by atoms with Crippen LogP contribution in [0.25, 0.3) is 0 Å². The summed E-state index contributed by atoms with van der Waals surface area (Å²) >= 11 is 0. The second-order valence-electron chi connectivity index (χ2n) is 6.82. The number of fused-ring (bicyclic) bond motifs is 1. The number of sulfonamides is 1. The minimum Gasteiger partial charge on any atom is -0.378 e. The van der Waals surface area contributed by atoms with Crippen molar-refractivity contribution in [3.8, 4) is 0 Å². The van der Waals surface area contributed by atoms with Crippen molar-refractivity contribution in [2.45, 2.75) is 24.0 Å². The molecule has 0 N–H and O–H groups in total. The van der Waals surface area contributed by atoms with Gasteiger partial charge in [-0.15, -0.1) is 0 Å². The Labute approximate surface area is 166 Å². The van der Waals surface area contributed by atoms with E-state index in [2.05, 4.69) is 9.97 Å². The zero-order chi connectivity index (χ0) is 20.6. The number of anilines is 1. The third-order valence-corrected chi connectivity index (χ3v) is 6.91. The largest absolute Gasteiger partial charge is 0.417 e. The molecule has 156 valence electrons. The van der Waals surface area contributed by atoms with E-state index in [1.54, 1.807) is 6.20 Å². The standard InChI is InChI=1S/C18H19F3N4O3S/c19-18(20,21)14-3-1-2-4-16(14)29(26,27)25-6-5-13-11-22-17(23-15(13)12-25)24-7-9-28-10-8-24/h1-4,11H,5-10,12H2. The minimum atomic E-state index is -4.76. The zero-order valence-electron chi connectivity index (χ0n) is 15.4. The quantitative estimate of drug-likeness (QED) is 0.745.